The Hall–Kier alpha value is -2.47. The van der Waals surface area contributed by atoms with E-state index in [9.17, 15) is 4.79 Å². The summed E-state index contributed by atoms with van der Waals surface area (Å²) in [6.07, 6.45) is 5.46. The Morgan fingerprint density at radius 2 is 2.04 bits per heavy atom. The number of amides is 1. The summed E-state index contributed by atoms with van der Waals surface area (Å²) in [6.45, 7) is 5.52. The van der Waals surface area contributed by atoms with Gasteiger partial charge in [0.2, 0.25) is 11.9 Å². The third kappa shape index (κ3) is 3.37. The summed E-state index contributed by atoms with van der Waals surface area (Å²) >= 11 is 0. The van der Waals surface area contributed by atoms with Crippen molar-refractivity contribution >= 4 is 11.9 Å². The van der Waals surface area contributed by atoms with Crippen molar-refractivity contribution in [1.82, 2.24) is 19.8 Å². The molecule has 0 saturated carbocycles. The van der Waals surface area contributed by atoms with Crippen LogP contribution in [0.2, 0.25) is 0 Å². The van der Waals surface area contributed by atoms with Crippen LogP contribution < -0.4 is 4.90 Å². The summed E-state index contributed by atoms with van der Waals surface area (Å²) in [7, 11) is 3.74. The van der Waals surface area contributed by atoms with Crippen LogP contribution in [-0.2, 0) is 11.3 Å². The second-order valence-corrected chi connectivity index (χ2v) is 8.38. The van der Waals surface area contributed by atoms with E-state index >= 15 is 0 Å². The molecule has 2 fully saturated rings. The Balaban J connectivity index is 1.66. The fourth-order valence-electron chi connectivity index (χ4n) is 4.98. The molecule has 2 saturated heterocycles. The Labute approximate surface area is 167 Å². The SMILES string of the molecule is Cc1cccc(CN2C[C@H]3N(c4ncccn4)CCC[C@@]3(C(=O)N(C)C)C2)c1. The summed E-state index contributed by atoms with van der Waals surface area (Å²) in [5.41, 5.74) is 2.17. The highest BCUT2D eigenvalue weighted by molar-refractivity contribution is 5.85. The highest BCUT2D eigenvalue weighted by Gasteiger charge is 2.56. The Kier molecular flexibility index (Phi) is 5.06. The number of likely N-dealkylation sites (tertiary alicyclic amines) is 1. The third-order valence-electron chi connectivity index (χ3n) is 6.10. The predicted molar refractivity (Wildman–Crippen MR) is 110 cm³/mol. The van der Waals surface area contributed by atoms with Gasteiger partial charge in [-0.25, -0.2) is 9.97 Å². The minimum absolute atomic E-state index is 0.100. The summed E-state index contributed by atoms with van der Waals surface area (Å²) in [5.74, 6) is 0.963. The largest absolute Gasteiger partial charge is 0.348 e. The number of piperidine rings is 1. The van der Waals surface area contributed by atoms with Crippen LogP contribution in [0.5, 0.6) is 0 Å². The maximum atomic E-state index is 13.4. The first-order valence-electron chi connectivity index (χ1n) is 10.0. The van der Waals surface area contributed by atoms with E-state index < -0.39 is 5.41 Å². The quantitative estimate of drug-likeness (QED) is 0.816. The van der Waals surface area contributed by atoms with Gasteiger partial charge in [-0.1, -0.05) is 29.8 Å². The van der Waals surface area contributed by atoms with E-state index in [0.29, 0.717) is 0 Å². The predicted octanol–water partition coefficient (Wildman–Crippen LogP) is 2.34. The van der Waals surface area contributed by atoms with Gasteiger partial charge in [-0.15, -0.1) is 0 Å². The smallest absolute Gasteiger partial charge is 0.231 e. The van der Waals surface area contributed by atoms with Crippen LogP contribution in [-0.4, -0.2) is 65.4 Å². The van der Waals surface area contributed by atoms with Gasteiger partial charge in [-0.2, -0.15) is 0 Å². The fraction of sp³-hybridized carbons (Fsp3) is 0.500. The molecule has 1 aromatic carbocycles. The van der Waals surface area contributed by atoms with Crippen LogP contribution in [0.15, 0.2) is 42.7 Å². The van der Waals surface area contributed by atoms with Crippen molar-refractivity contribution in [2.24, 2.45) is 5.41 Å². The van der Waals surface area contributed by atoms with Gasteiger partial charge >= 0.3 is 0 Å². The van der Waals surface area contributed by atoms with Gasteiger partial charge in [-0.3, -0.25) is 9.69 Å². The first kappa shape index (κ1) is 18.9. The molecule has 2 aliphatic heterocycles. The van der Waals surface area contributed by atoms with E-state index in [2.05, 4.69) is 51.0 Å². The van der Waals surface area contributed by atoms with E-state index in [1.807, 2.05) is 20.2 Å². The zero-order chi connectivity index (χ0) is 19.7. The maximum Gasteiger partial charge on any atom is 0.231 e. The van der Waals surface area contributed by atoms with Crippen molar-refractivity contribution in [3.05, 3.63) is 53.9 Å². The summed E-state index contributed by atoms with van der Waals surface area (Å²) in [4.78, 5) is 28.8. The molecule has 0 unspecified atom stereocenters. The van der Waals surface area contributed by atoms with E-state index in [0.717, 1.165) is 45.0 Å². The second kappa shape index (κ2) is 7.51. The molecular formula is C22H29N5O. The van der Waals surface area contributed by atoms with E-state index in [-0.39, 0.29) is 11.9 Å². The van der Waals surface area contributed by atoms with Gasteiger partial charge in [0.1, 0.15) is 0 Å². The first-order chi connectivity index (χ1) is 13.5. The minimum atomic E-state index is -0.398. The monoisotopic (exact) mass is 379 g/mol. The Morgan fingerprint density at radius 1 is 1.25 bits per heavy atom. The number of hydrogen-bond acceptors (Lipinski definition) is 5. The molecule has 3 heterocycles. The number of aromatic nitrogens is 2. The molecule has 4 rings (SSSR count). The Morgan fingerprint density at radius 3 is 2.75 bits per heavy atom. The number of benzene rings is 1. The zero-order valence-electron chi connectivity index (χ0n) is 17.0. The van der Waals surface area contributed by atoms with Crippen molar-refractivity contribution in [2.75, 3.05) is 38.6 Å². The molecule has 0 bridgehead atoms. The van der Waals surface area contributed by atoms with E-state index in [1.54, 1.807) is 17.3 Å². The molecule has 0 spiro atoms. The summed E-state index contributed by atoms with van der Waals surface area (Å²) in [5, 5.41) is 0. The number of aryl methyl sites for hydroxylation is 1. The molecule has 0 aliphatic carbocycles. The van der Waals surface area contributed by atoms with Crippen LogP contribution in [0.3, 0.4) is 0 Å². The number of nitrogens with zero attached hydrogens (tertiary/aromatic N) is 5. The number of rotatable bonds is 4. The number of carbonyl (C=O) groups is 1. The normalized spacial score (nSPS) is 24.8. The molecule has 2 atom stereocenters. The highest BCUT2D eigenvalue weighted by atomic mass is 16.2. The van der Waals surface area contributed by atoms with Crippen LogP contribution in [0.1, 0.15) is 24.0 Å². The molecule has 1 aromatic heterocycles. The van der Waals surface area contributed by atoms with Gasteiger partial charge in [0.25, 0.3) is 0 Å². The van der Waals surface area contributed by atoms with Crippen molar-refractivity contribution in [3.63, 3.8) is 0 Å². The van der Waals surface area contributed by atoms with Crippen LogP contribution in [0.25, 0.3) is 0 Å². The molecule has 28 heavy (non-hydrogen) atoms. The molecular weight excluding hydrogens is 350 g/mol. The molecule has 6 nitrogen and oxygen atoms in total. The molecule has 148 valence electrons. The first-order valence-corrected chi connectivity index (χ1v) is 10.0. The lowest BCUT2D eigenvalue weighted by Crippen LogP contribution is -2.58. The standard InChI is InChI=1S/C22H29N5O/c1-17-7-4-8-18(13-17)14-26-15-19-22(16-26,20(28)25(2)3)9-5-12-27(19)21-23-10-6-11-24-21/h4,6-8,10-11,13,19H,5,9,12,14-16H2,1-3H3/t19-,22-/m1/s1. The average molecular weight is 380 g/mol. The lowest BCUT2D eigenvalue weighted by molar-refractivity contribution is -0.140. The molecule has 1 amide bonds. The van der Waals surface area contributed by atoms with Gasteiger partial charge < -0.3 is 9.80 Å². The summed E-state index contributed by atoms with van der Waals surface area (Å²) < 4.78 is 0. The van der Waals surface area contributed by atoms with E-state index in [1.165, 1.54) is 11.1 Å². The number of anilines is 1. The zero-order valence-corrected chi connectivity index (χ0v) is 17.0. The Bertz CT molecular complexity index is 840. The maximum absolute atomic E-state index is 13.4. The molecule has 2 aliphatic rings. The van der Waals surface area contributed by atoms with Gasteiger partial charge in [-0.05, 0) is 31.4 Å². The van der Waals surface area contributed by atoms with Crippen LogP contribution in [0, 0.1) is 12.3 Å². The van der Waals surface area contributed by atoms with Gasteiger partial charge in [0.05, 0.1) is 11.5 Å². The van der Waals surface area contributed by atoms with Crippen molar-refractivity contribution in [1.29, 1.82) is 0 Å². The van der Waals surface area contributed by atoms with E-state index in [4.69, 9.17) is 0 Å². The average Bonchev–Trinajstić information content (AvgIpc) is 3.07. The van der Waals surface area contributed by atoms with Gasteiger partial charge in [0.15, 0.2) is 0 Å². The van der Waals surface area contributed by atoms with Gasteiger partial charge in [0, 0.05) is 52.7 Å². The minimum Gasteiger partial charge on any atom is -0.348 e. The number of hydrogen-bond donors (Lipinski definition) is 0. The van der Waals surface area contributed by atoms with Crippen molar-refractivity contribution in [2.45, 2.75) is 32.4 Å². The molecule has 6 heteroatoms. The highest BCUT2D eigenvalue weighted by Crippen LogP contribution is 2.44. The third-order valence-corrected chi connectivity index (χ3v) is 6.10. The van der Waals surface area contributed by atoms with Crippen LogP contribution in [0.4, 0.5) is 5.95 Å². The lowest BCUT2D eigenvalue weighted by atomic mass is 9.74. The molecule has 0 radical (unpaired) electrons. The van der Waals surface area contributed by atoms with Crippen molar-refractivity contribution < 1.29 is 4.79 Å². The number of fused-ring (bicyclic) bond motifs is 1. The van der Waals surface area contributed by atoms with Crippen molar-refractivity contribution in [3.8, 4) is 0 Å². The molecule has 0 N–H and O–H groups in total. The topological polar surface area (TPSA) is 52.6 Å². The fourth-order valence-corrected chi connectivity index (χ4v) is 4.98. The molecule has 2 aromatic rings. The second-order valence-electron chi connectivity index (χ2n) is 8.38. The number of carbonyl (C=O) groups excluding carboxylic acids is 1. The van der Waals surface area contributed by atoms with Crippen LogP contribution >= 0.6 is 0 Å². The lowest BCUT2D eigenvalue weighted by Gasteiger charge is -2.45. The summed E-state index contributed by atoms with van der Waals surface area (Å²) in [6, 6.07) is 10.6.